The summed E-state index contributed by atoms with van der Waals surface area (Å²) in [6.07, 6.45) is 2.46. The topological polar surface area (TPSA) is 69.9 Å². The minimum atomic E-state index is -0.00585. The number of carbonyl (C=O) groups excluding carboxylic acids is 1. The van der Waals surface area contributed by atoms with E-state index in [1.807, 2.05) is 54.6 Å². The van der Waals surface area contributed by atoms with Gasteiger partial charge in [0.05, 0.1) is 18.8 Å². The lowest BCUT2D eigenvalue weighted by Gasteiger charge is -2.19. The molecule has 0 bridgehead atoms. The number of benzene rings is 2. The van der Waals surface area contributed by atoms with Crippen molar-refractivity contribution in [1.29, 1.82) is 0 Å². The van der Waals surface area contributed by atoms with Gasteiger partial charge in [-0.15, -0.1) is 0 Å². The Bertz CT molecular complexity index is 965. The van der Waals surface area contributed by atoms with Crippen LogP contribution in [0.2, 0.25) is 0 Å². The van der Waals surface area contributed by atoms with Crippen molar-refractivity contribution in [2.24, 2.45) is 4.99 Å². The van der Waals surface area contributed by atoms with Gasteiger partial charge in [0, 0.05) is 32.6 Å². The predicted molar refractivity (Wildman–Crippen MR) is 124 cm³/mol. The lowest BCUT2D eigenvalue weighted by Crippen LogP contribution is -2.39. The fraction of sp³-hybridized carbons (Fsp3) is 0.280. The number of furan rings is 1. The maximum atomic E-state index is 12.1. The lowest BCUT2D eigenvalue weighted by molar-refractivity contribution is 0.0827. The van der Waals surface area contributed by atoms with Gasteiger partial charge < -0.3 is 20.0 Å². The highest BCUT2D eigenvalue weighted by atomic mass is 16.3. The van der Waals surface area contributed by atoms with Crippen LogP contribution in [-0.2, 0) is 13.0 Å². The van der Waals surface area contributed by atoms with Crippen molar-refractivity contribution in [1.82, 2.24) is 15.5 Å². The van der Waals surface area contributed by atoms with Crippen molar-refractivity contribution in [3.8, 4) is 0 Å². The van der Waals surface area contributed by atoms with Crippen LogP contribution in [0, 0.1) is 0 Å². The lowest BCUT2D eigenvalue weighted by atomic mass is 10.1. The number of hydrogen-bond acceptors (Lipinski definition) is 3. The molecule has 0 fully saturated rings. The molecule has 0 aliphatic carbocycles. The number of nitrogens with one attached hydrogen (secondary N) is 2. The maximum absolute atomic E-state index is 12.1. The van der Waals surface area contributed by atoms with Crippen molar-refractivity contribution in [2.45, 2.75) is 25.9 Å². The Hall–Kier alpha value is -3.54. The molecule has 0 saturated carbocycles. The molecule has 1 unspecified atom stereocenters. The van der Waals surface area contributed by atoms with Gasteiger partial charge in [0.2, 0.25) is 0 Å². The van der Waals surface area contributed by atoms with E-state index in [0.717, 1.165) is 23.7 Å². The number of carbonyl (C=O) groups is 1. The smallest absolute Gasteiger partial charge is 0.253 e. The third-order valence-corrected chi connectivity index (χ3v) is 4.92. The van der Waals surface area contributed by atoms with E-state index in [0.29, 0.717) is 18.7 Å². The summed E-state index contributed by atoms with van der Waals surface area (Å²) >= 11 is 0. The second-order valence-electron chi connectivity index (χ2n) is 7.59. The first-order valence-electron chi connectivity index (χ1n) is 10.5. The van der Waals surface area contributed by atoms with Gasteiger partial charge in [-0.05, 0) is 42.3 Å². The first kappa shape index (κ1) is 22.2. The quantitative estimate of drug-likeness (QED) is 0.428. The van der Waals surface area contributed by atoms with E-state index in [2.05, 4.69) is 29.7 Å². The molecule has 1 atom stereocenters. The highest BCUT2D eigenvalue weighted by Gasteiger charge is 2.09. The van der Waals surface area contributed by atoms with Crippen LogP contribution >= 0.6 is 0 Å². The SMILES string of the molecule is CC(NC(=NCc1ccc(C(=O)N(C)C)cc1)NCCc1ccco1)c1ccccc1. The van der Waals surface area contributed by atoms with Crippen LogP contribution in [0.1, 0.15) is 40.2 Å². The predicted octanol–water partition coefficient (Wildman–Crippen LogP) is 4.02. The first-order chi connectivity index (χ1) is 15.0. The Balaban J connectivity index is 1.66. The molecule has 31 heavy (non-hydrogen) atoms. The van der Waals surface area contributed by atoms with Gasteiger partial charge in [0.25, 0.3) is 5.91 Å². The molecule has 6 nitrogen and oxygen atoms in total. The highest BCUT2D eigenvalue weighted by molar-refractivity contribution is 5.93. The molecule has 0 aliphatic rings. The van der Waals surface area contributed by atoms with Crippen LogP contribution in [0.3, 0.4) is 0 Å². The van der Waals surface area contributed by atoms with E-state index in [1.165, 1.54) is 5.56 Å². The van der Waals surface area contributed by atoms with Crippen LogP contribution < -0.4 is 10.6 Å². The van der Waals surface area contributed by atoms with Gasteiger partial charge in [-0.2, -0.15) is 0 Å². The summed E-state index contributed by atoms with van der Waals surface area (Å²) in [5.74, 6) is 1.66. The molecule has 0 radical (unpaired) electrons. The average Bonchev–Trinajstić information content (AvgIpc) is 3.31. The number of hydrogen-bond donors (Lipinski definition) is 2. The molecule has 2 N–H and O–H groups in total. The third kappa shape index (κ3) is 6.74. The van der Waals surface area contributed by atoms with E-state index in [4.69, 9.17) is 9.41 Å². The highest BCUT2D eigenvalue weighted by Crippen LogP contribution is 2.12. The molecule has 6 heteroatoms. The van der Waals surface area contributed by atoms with Crippen LogP contribution in [0.5, 0.6) is 0 Å². The summed E-state index contributed by atoms with van der Waals surface area (Å²) in [6, 6.07) is 21.8. The molecule has 3 rings (SSSR count). The summed E-state index contributed by atoms with van der Waals surface area (Å²) in [4.78, 5) is 18.4. The first-order valence-corrected chi connectivity index (χ1v) is 10.5. The summed E-state index contributed by atoms with van der Waals surface area (Å²) in [7, 11) is 3.50. The van der Waals surface area contributed by atoms with Gasteiger partial charge >= 0.3 is 0 Å². The monoisotopic (exact) mass is 418 g/mol. The van der Waals surface area contributed by atoms with Crippen molar-refractivity contribution >= 4 is 11.9 Å². The van der Waals surface area contributed by atoms with Gasteiger partial charge in [-0.25, -0.2) is 4.99 Å². The number of amides is 1. The fourth-order valence-electron chi connectivity index (χ4n) is 3.12. The molecule has 0 saturated heterocycles. The Morgan fingerprint density at radius 1 is 1.03 bits per heavy atom. The zero-order valence-corrected chi connectivity index (χ0v) is 18.3. The molecular weight excluding hydrogens is 388 g/mol. The van der Waals surface area contributed by atoms with Gasteiger partial charge in [0.15, 0.2) is 5.96 Å². The molecule has 2 aromatic carbocycles. The van der Waals surface area contributed by atoms with Gasteiger partial charge in [-0.3, -0.25) is 4.79 Å². The molecule has 0 spiro atoms. The number of guanidine groups is 1. The molecule has 3 aromatic rings. The minimum absolute atomic E-state index is 0.00585. The zero-order valence-electron chi connectivity index (χ0n) is 18.3. The second kappa shape index (κ2) is 11.0. The molecule has 1 aromatic heterocycles. The van der Waals surface area contributed by atoms with Crippen LogP contribution in [0.4, 0.5) is 0 Å². The van der Waals surface area contributed by atoms with Crippen molar-refractivity contribution < 1.29 is 9.21 Å². The van der Waals surface area contributed by atoms with Crippen molar-refractivity contribution in [2.75, 3.05) is 20.6 Å². The number of nitrogens with zero attached hydrogens (tertiary/aromatic N) is 2. The molecular formula is C25H30N4O2. The summed E-state index contributed by atoms with van der Waals surface area (Å²) in [6.45, 7) is 3.33. The largest absolute Gasteiger partial charge is 0.469 e. The number of rotatable bonds is 8. The third-order valence-electron chi connectivity index (χ3n) is 4.92. The standard InChI is InChI=1S/C25H30N4O2/c1-19(21-8-5-4-6-9-21)28-25(26-16-15-23-10-7-17-31-23)27-18-20-11-13-22(14-12-20)24(30)29(2)3/h4-14,17,19H,15-16,18H2,1-3H3,(H2,26,27,28). The zero-order chi connectivity index (χ0) is 22.1. The van der Waals surface area contributed by atoms with E-state index < -0.39 is 0 Å². The molecule has 1 amide bonds. The average molecular weight is 419 g/mol. The normalized spacial score (nSPS) is 12.3. The molecule has 1 heterocycles. The van der Waals surface area contributed by atoms with E-state index in [9.17, 15) is 4.79 Å². The minimum Gasteiger partial charge on any atom is -0.469 e. The molecule has 0 aliphatic heterocycles. The molecule has 162 valence electrons. The van der Waals surface area contributed by atoms with E-state index in [-0.39, 0.29) is 11.9 Å². The fourth-order valence-corrected chi connectivity index (χ4v) is 3.12. The van der Waals surface area contributed by atoms with Gasteiger partial charge in [0.1, 0.15) is 5.76 Å². The van der Waals surface area contributed by atoms with Crippen molar-refractivity contribution in [3.05, 3.63) is 95.4 Å². The van der Waals surface area contributed by atoms with Crippen LogP contribution in [0.15, 0.2) is 82.4 Å². The van der Waals surface area contributed by atoms with Crippen LogP contribution in [0.25, 0.3) is 0 Å². The van der Waals surface area contributed by atoms with Crippen LogP contribution in [-0.4, -0.2) is 37.4 Å². The Kier molecular flexibility index (Phi) is 7.87. The summed E-state index contributed by atoms with van der Waals surface area (Å²) < 4.78 is 5.41. The Labute approximate surface area is 184 Å². The van der Waals surface area contributed by atoms with Gasteiger partial charge in [-0.1, -0.05) is 42.5 Å². The van der Waals surface area contributed by atoms with E-state index >= 15 is 0 Å². The number of aliphatic imine (C=N–C) groups is 1. The second-order valence-corrected chi connectivity index (χ2v) is 7.59. The Morgan fingerprint density at radius 2 is 1.77 bits per heavy atom. The summed E-state index contributed by atoms with van der Waals surface area (Å²) in [5.41, 5.74) is 2.90. The maximum Gasteiger partial charge on any atom is 0.253 e. The van der Waals surface area contributed by atoms with Crippen molar-refractivity contribution in [3.63, 3.8) is 0 Å². The summed E-state index contributed by atoms with van der Waals surface area (Å²) in [5, 5.41) is 6.87. The Morgan fingerprint density at radius 3 is 2.42 bits per heavy atom. The van der Waals surface area contributed by atoms with E-state index in [1.54, 1.807) is 25.3 Å².